The second-order valence-electron chi connectivity index (χ2n) is 3.08. The second-order valence-corrected chi connectivity index (χ2v) is 3.08. The molecule has 13 heavy (non-hydrogen) atoms. The Bertz CT molecular complexity index is 179. The van der Waals surface area contributed by atoms with E-state index in [1.54, 1.807) is 0 Å². The molecule has 0 aliphatic rings. The SMILES string of the molecule is CC(C)CNC(=O)COCC(=O)O. The molecule has 2 N–H and O–H groups in total. The van der Waals surface area contributed by atoms with E-state index in [0.29, 0.717) is 12.5 Å². The van der Waals surface area contributed by atoms with Crippen LogP contribution in [0.5, 0.6) is 0 Å². The third-order valence-corrected chi connectivity index (χ3v) is 1.17. The lowest BCUT2D eigenvalue weighted by atomic mass is 10.2. The van der Waals surface area contributed by atoms with Crippen LogP contribution >= 0.6 is 0 Å². The van der Waals surface area contributed by atoms with Gasteiger partial charge in [-0.3, -0.25) is 4.79 Å². The van der Waals surface area contributed by atoms with Gasteiger partial charge in [-0.2, -0.15) is 0 Å². The lowest BCUT2D eigenvalue weighted by Gasteiger charge is -2.06. The number of ether oxygens (including phenoxy) is 1. The van der Waals surface area contributed by atoms with Crippen molar-refractivity contribution in [2.75, 3.05) is 19.8 Å². The molecule has 0 bridgehead atoms. The minimum absolute atomic E-state index is 0.195. The van der Waals surface area contributed by atoms with Gasteiger partial charge in [0.15, 0.2) is 0 Å². The van der Waals surface area contributed by atoms with Crippen molar-refractivity contribution in [3.63, 3.8) is 0 Å². The molecule has 76 valence electrons. The Balaban J connectivity index is 3.35. The van der Waals surface area contributed by atoms with Gasteiger partial charge in [0, 0.05) is 6.54 Å². The summed E-state index contributed by atoms with van der Waals surface area (Å²) < 4.78 is 4.58. The van der Waals surface area contributed by atoms with E-state index in [0.717, 1.165) is 0 Å². The van der Waals surface area contributed by atoms with Crippen LogP contribution in [0.3, 0.4) is 0 Å². The monoisotopic (exact) mass is 189 g/mol. The first-order valence-corrected chi connectivity index (χ1v) is 4.08. The third-order valence-electron chi connectivity index (χ3n) is 1.17. The predicted molar refractivity (Wildman–Crippen MR) is 46.3 cm³/mol. The molecule has 0 aliphatic carbocycles. The molecule has 1 amide bonds. The molecule has 0 fully saturated rings. The standard InChI is InChI=1S/C8H15NO4/c1-6(2)3-9-7(10)4-13-5-8(11)12/h6H,3-5H2,1-2H3,(H,9,10)(H,11,12). The van der Waals surface area contributed by atoms with Gasteiger partial charge in [-0.05, 0) is 5.92 Å². The van der Waals surface area contributed by atoms with Crippen molar-refractivity contribution >= 4 is 11.9 Å². The summed E-state index contributed by atoms with van der Waals surface area (Å²) in [5.41, 5.74) is 0. The highest BCUT2D eigenvalue weighted by molar-refractivity contribution is 5.77. The number of rotatable bonds is 6. The Hall–Kier alpha value is -1.10. The number of nitrogens with one attached hydrogen (secondary N) is 1. The number of carboxylic acids is 1. The maximum absolute atomic E-state index is 10.9. The molecule has 5 heteroatoms. The first-order valence-electron chi connectivity index (χ1n) is 4.08. The second kappa shape index (κ2) is 6.42. The molecular weight excluding hydrogens is 174 g/mol. The third kappa shape index (κ3) is 8.81. The van der Waals surface area contributed by atoms with Crippen molar-refractivity contribution in [3.8, 4) is 0 Å². The molecule has 0 aromatic rings. The molecule has 0 saturated heterocycles. The number of carbonyl (C=O) groups excluding carboxylic acids is 1. The zero-order chi connectivity index (χ0) is 10.3. The zero-order valence-electron chi connectivity index (χ0n) is 7.87. The molecule has 0 rings (SSSR count). The van der Waals surface area contributed by atoms with Crippen molar-refractivity contribution in [2.45, 2.75) is 13.8 Å². The fourth-order valence-corrected chi connectivity index (χ4v) is 0.600. The summed E-state index contributed by atoms with van der Waals surface area (Å²) in [4.78, 5) is 20.9. The highest BCUT2D eigenvalue weighted by atomic mass is 16.5. The fraction of sp³-hybridized carbons (Fsp3) is 0.750. The van der Waals surface area contributed by atoms with Gasteiger partial charge >= 0.3 is 5.97 Å². The number of carbonyl (C=O) groups is 2. The summed E-state index contributed by atoms with van der Waals surface area (Å²) in [5, 5.41) is 10.8. The fourth-order valence-electron chi connectivity index (χ4n) is 0.600. The Labute approximate surface area is 77.1 Å². The molecule has 0 atom stereocenters. The smallest absolute Gasteiger partial charge is 0.329 e. The van der Waals surface area contributed by atoms with Gasteiger partial charge in [-0.15, -0.1) is 0 Å². The van der Waals surface area contributed by atoms with Crippen molar-refractivity contribution in [1.82, 2.24) is 5.32 Å². The van der Waals surface area contributed by atoms with Gasteiger partial charge in [-0.25, -0.2) is 4.79 Å². The summed E-state index contributed by atoms with van der Waals surface area (Å²) in [6.07, 6.45) is 0. The van der Waals surface area contributed by atoms with E-state index in [2.05, 4.69) is 10.1 Å². The minimum Gasteiger partial charge on any atom is -0.480 e. The molecule has 0 heterocycles. The Morgan fingerprint density at radius 1 is 1.38 bits per heavy atom. The normalized spacial score (nSPS) is 10.1. The van der Waals surface area contributed by atoms with Crippen LogP contribution in [0.25, 0.3) is 0 Å². The highest BCUT2D eigenvalue weighted by Gasteiger charge is 2.03. The van der Waals surface area contributed by atoms with E-state index in [1.807, 2.05) is 13.8 Å². The summed E-state index contributed by atoms with van der Waals surface area (Å²) in [6.45, 7) is 3.89. The summed E-state index contributed by atoms with van der Waals surface area (Å²) in [6, 6.07) is 0. The maximum Gasteiger partial charge on any atom is 0.329 e. The van der Waals surface area contributed by atoms with Crippen molar-refractivity contribution in [3.05, 3.63) is 0 Å². The largest absolute Gasteiger partial charge is 0.480 e. The Morgan fingerprint density at radius 2 is 2.00 bits per heavy atom. The molecule has 0 aliphatic heterocycles. The van der Waals surface area contributed by atoms with Crippen LogP contribution in [0.2, 0.25) is 0 Å². The van der Waals surface area contributed by atoms with Gasteiger partial charge < -0.3 is 15.2 Å². The topological polar surface area (TPSA) is 75.6 Å². The summed E-state index contributed by atoms with van der Waals surface area (Å²) in [5.74, 6) is -0.977. The first kappa shape index (κ1) is 11.9. The molecule has 0 radical (unpaired) electrons. The van der Waals surface area contributed by atoms with Gasteiger partial charge in [0.2, 0.25) is 5.91 Å². The van der Waals surface area contributed by atoms with E-state index in [4.69, 9.17) is 5.11 Å². The van der Waals surface area contributed by atoms with E-state index in [-0.39, 0.29) is 12.5 Å². The summed E-state index contributed by atoms with van der Waals surface area (Å²) in [7, 11) is 0. The molecule has 5 nitrogen and oxygen atoms in total. The molecular formula is C8H15NO4. The van der Waals surface area contributed by atoms with Crippen molar-refractivity contribution < 1.29 is 19.4 Å². The Morgan fingerprint density at radius 3 is 2.46 bits per heavy atom. The van der Waals surface area contributed by atoms with Crippen LogP contribution < -0.4 is 5.32 Å². The average molecular weight is 189 g/mol. The lowest BCUT2D eigenvalue weighted by Crippen LogP contribution is -2.31. The number of amides is 1. The van der Waals surface area contributed by atoms with Crippen molar-refractivity contribution in [2.24, 2.45) is 5.92 Å². The number of hydrogen-bond acceptors (Lipinski definition) is 3. The van der Waals surface area contributed by atoms with Crippen LogP contribution in [0.15, 0.2) is 0 Å². The number of carboxylic acid groups (broad SMARTS) is 1. The molecule has 0 aromatic carbocycles. The van der Waals surface area contributed by atoms with Crippen molar-refractivity contribution in [1.29, 1.82) is 0 Å². The van der Waals surface area contributed by atoms with Gasteiger partial charge in [0.05, 0.1) is 0 Å². The molecule has 0 spiro atoms. The average Bonchev–Trinajstić information content (AvgIpc) is 2.00. The van der Waals surface area contributed by atoms with Crippen LogP contribution in [0.1, 0.15) is 13.8 Å². The predicted octanol–water partition coefficient (Wildman–Crippen LogP) is -0.140. The van der Waals surface area contributed by atoms with Gasteiger partial charge in [0.1, 0.15) is 13.2 Å². The quantitative estimate of drug-likeness (QED) is 0.609. The molecule has 0 aromatic heterocycles. The van der Waals surface area contributed by atoms with E-state index in [9.17, 15) is 9.59 Å². The van der Waals surface area contributed by atoms with E-state index < -0.39 is 12.6 Å². The molecule has 0 saturated carbocycles. The summed E-state index contributed by atoms with van der Waals surface area (Å²) >= 11 is 0. The van der Waals surface area contributed by atoms with Gasteiger partial charge in [0.25, 0.3) is 0 Å². The lowest BCUT2D eigenvalue weighted by molar-refractivity contribution is -0.143. The van der Waals surface area contributed by atoms with Gasteiger partial charge in [-0.1, -0.05) is 13.8 Å². The van der Waals surface area contributed by atoms with Crippen LogP contribution in [-0.4, -0.2) is 36.7 Å². The van der Waals surface area contributed by atoms with Crippen LogP contribution in [0, 0.1) is 5.92 Å². The first-order chi connectivity index (χ1) is 6.02. The highest BCUT2D eigenvalue weighted by Crippen LogP contribution is 1.86. The zero-order valence-corrected chi connectivity index (χ0v) is 7.87. The maximum atomic E-state index is 10.9. The van der Waals surface area contributed by atoms with Crippen LogP contribution in [-0.2, 0) is 14.3 Å². The van der Waals surface area contributed by atoms with E-state index >= 15 is 0 Å². The number of hydrogen-bond donors (Lipinski definition) is 2. The van der Waals surface area contributed by atoms with E-state index in [1.165, 1.54) is 0 Å². The molecule has 0 unspecified atom stereocenters. The number of aliphatic carboxylic acids is 1. The minimum atomic E-state index is -1.07. The Kier molecular flexibility index (Phi) is 5.88. The van der Waals surface area contributed by atoms with Crippen LogP contribution in [0.4, 0.5) is 0 Å².